The zero-order chi connectivity index (χ0) is 11.8. The summed E-state index contributed by atoms with van der Waals surface area (Å²) in [6.45, 7) is 0. The summed E-state index contributed by atoms with van der Waals surface area (Å²) in [6.07, 6.45) is 6.54. The summed E-state index contributed by atoms with van der Waals surface area (Å²) in [7, 11) is 0. The molecule has 1 saturated carbocycles. The van der Waals surface area contributed by atoms with E-state index in [1.165, 1.54) is 6.33 Å². The number of nitrogens with one attached hydrogen (secondary N) is 1. The predicted octanol–water partition coefficient (Wildman–Crippen LogP) is 1.24. The van der Waals surface area contributed by atoms with Crippen molar-refractivity contribution < 1.29 is 9.90 Å². The highest BCUT2D eigenvalue weighted by Crippen LogP contribution is 2.35. The quantitative estimate of drug-likeness (QED) is 0.818. The first-order valence-corrected chi connectivity index (χ1v) is 6.08. The van der Waals surface area contributed by atoms with Crippen molar-refractivity contribution in [3.8, 4) is 0 Å². The van der Waals surface area contributed by atoms with Gasteiger partial charge in [0.2, 0.25) is 0 Å². The van der Waals surface area contributed by atoms with Crippen molar-refractivity contribution in [2.75, 3.05) is 5.32 Å². The Labute approximate surface area is 99.3 Å². The fraction of sp³-hybridized carbons (Fsp3) is 0.583. The van der Waals surface area contributed by atoms with Gasteiger partial charge in [0.1, 0.15) is 18.2 Å². The molecule has 1 heterocycles. The second-order valence-corrected chi connectivity index (χ2v) is 4.80. The lowest BCUT2D eigenvalue weighted by atomic mass is 10.1. The molecule has 90 valence electrons. The number of aromatic nitrogens is 2. The second kappa shape index (κ2) is 3.98. The van der Waals surface area contributed by atoms with Gasteiger partial charge in [-0.15, -0.1) is 0 Å². The van der Waals surface area contributed by atoms with Crippen molar-refractivity contribution >= 4 is 11.8 Å². The van der Waals surface area contributed by atoms with Crippen LogP contribution in [-0.4, -0.2) is 27.1 Å². The molecule has 1 atom stereocenters. The third kappa shape index (κ3) is 1.97. The minimum Gasteiger partial charge on any atom is -0.480 e. The van der Waals surface area contributed by atoms with E-state index in [9.17, 15) is 9.90 Å². The van der Waals surface area contributed by atoms with Crippen molar-refractivity contribution in [2.24, 2.45) is 5.92 Å². The molecule has 0 aliphatic heterocycles. The molecule has 17 heavy (non-hydrogen) atoms. The van der Waals surface area contributed by atoms with Crippen LogP contribution in [0.1, 0.15) is 30.5 Å². The fourth-order valence-electron chi connectivity index (χ4n) is 2.44. The number of carboxylic acid groups (broad SMARTS) is 1. The van der Waals surface area contributed by atoms with Gasteiger partial charge in [0.15, 0.2) is 0 Å². The number of carbonyl (C=O) groups is 1. The maximum atomic E-state index is 11.2. The molecule has 5 nitrogen and oxygen atoms in total. The highest BCUT2D eigenvalue weighted by Gasteiger charge is 2.37. The molecule has 2 aliphatic rings. The van der Waals surface area contributed by atoms with Crippen LogP contribution in [0, 0.1) is 5.92 Å². The Hall–Kier alpha value is -1.65. The van der Waals surface area contributed by atoms with E-state index in [1.54, 1.807) is 0 Å². The van der Waals surface area contributed by atoms with Crippen molar-refractivity contribution in [1.29, 1.82) is 0 Å². The van der Waals surface area contributed by atoms with Gasteiger partial charge in [-0.1, -0.05) is 0 Å². The molecule has 1 aromatic heterocycles. The largest absolute Gasteiger partial charge is 0.480 e. The number of fused-ring (bicyclic) bond motifs is 1. The Bertz CT molecular complexity index is 457. The Morgan fingerprint density at radius 1 is 1.41 bits per heavy atom. The number of rotatable bonds is 4. The lowest BCUT2D eigenvalue weighted by molar-refractivity contribution is -0.138. The number of aliphatic carboxylic acids is 1. The average molecular weight is 233 g/mol. The molecule has 1 aromatic rings. The van der Waals surface area contributed by atoms with Crippen LogP contribution in [0.5, 0.6) is 0 Å². The third-order valence-electron chi connectivity index (χ3n) is 3.53. The minimum absolute atomic E-state index is 0.263. The summed E-state index contributed by atoms with van der Waals surface area (Å²) in [6, 6.07) is -0.491. The zero-order valence-corrected chi connectivity index (χ0v) is 9.52. The van der Waals surface area contributed by atoms with Crippen LogP contribution < -0.4 is 5.32 Å². The van der Waals surface area contributed by atoms with Gasteiger partial charge < -0.3 is 10.4 Å². The number of nitrogens with zero attached hydrogens (tertiary/aromatic N) is 2. The number of aryl methyl sites for hydroxylation is 1. The van der Waals surface area contributed by atoms with E-state index in [4.69, 9.17) is 0 Å². The number of carboxylic acids is 1. The van der Waals surface area contributed by atoms with Gasteiger partial charge in [-0.2, -0.15) is 0 Å². The molecule has 0 radical (unpaired) electrons. The summed E-state index contributed by atoms with van der Waals surface area (Å²) in [5.74, 6) is 0.212. The highest BCUT2D eigenvalue weighted by atomic mass is 16.4. The topological polar surface area (TPSA) is 75.1 Å². The summed E-state index contributed by atoms with van der Waals surface area (Å²) in [4.78, 5) is 19.6. The van der Waals surface area contributed by atoms with E-state index < -0.39 is 12.0 Å². The Morgan fingerprint density at radius 3 is 2.94 bits per heavy atom. The molecular weight excluding hydrogens is 218 g/mol. The average Bonchev–Trinajstić information content (AvgIpc) is 3.02. The first kappa shape index (κ1) is 10.5. The van der Waals surface area contributed by atoms with Gasteiger partial charge in [0.25, 0.3) is 0 Å². The summed E-state index contributed by atoms with van der Waals surface area (Å²) < 4.78 is 0. The maximum Gasteiger partial charge on any atom is 0.326 e. The van der Waals surface area contributed by atoms with Crippen LogP contribution in [0.25, 0.3) is 0 Å². The maximum absolute atomic E-state index is 11.2. The Morgan fingerprint density at radius 2 is 2.24 bits per heavy atom. The Kier molecular flexibility index (Phi) is 2.46. The monoisotopic (exact) mass is 233 g/mol. The molecule has 0 spiro atoms. The molecule has 0 amide bonds. The first-order valence-electron chi connectivity index (χ1n) is 6.08. The lowest BCUT2D eigenvalue weighted by Gasteiger charge is -2.16. The molecule has 1 fully saturated rings. The number of anilines is 1. The van der Waals surface area contributed by atoms with Gasteiger partial charge in [0.05, 0.1) is 0 Å². The molecule has 0 bridgehead atoms. The van der Waals surface area contributed by atoms with Crippen LogP contribution in [0.2, 0.25) is 0 Å². The van der Waals surface area contributed by atoms with Gasteiger partial charge in [-0.25, -0.2) is 14.8 Å². The minimum atomic E-state index is -0.780. The van der Waals surface area contributed by atoms with Crippen molar-refractivity contribution in [1.82, 2.24) is 9.97 Å². The van der Waals surface area contributed by atoms with Gasteiger partial charge in [-0.05, 0) is 38.0 Å². The molecule has 0 saturated heterocycles. The van der Waals surface area contributed by atoms with Crippen molar-refractivity contribution in [3.63, 3.8) is 0 Å². The smallest absolute Gasteiger partial charge is 0.326 e. The van der Waals surface area contributed by atoms with Gasteiger partial charge in [0, 0.05) is 11.3 Å². The molecule has 5 heteroatoms. The molecule has 1 unspecified atom stereocenters. The fourth-order valence-corrected chi connectivity index (χ4v) is 2.44. The van der Waals surface area contributed by atoms with E-state index in [-0.39, 0.29) is 5.92 Å². The van der Waals surface area contributed by atoms with Crippen LogP contribution in [0.4, 0.5) is 5.82 Å². The SMILES string of the molecule is O=C(O)C(Nc1ncnc2c1CCC2)C1CC1. The zero-order valence-electron chi connectivity index (χ0n) is 9.52. The van der Waals surface area contributed by atoms with Crippen LogP contribution >= 0.6 is 0 Å². The molecule has 0 aromatic carbocycles. The third-order valence-corrected chi connectivity index (χ3v) is 3.53. The Balaban J connectivity index is 1.84. The van der Waals surface area contributed by atoms with E-state index in [0.717, 1.165) is 49.2 Å². The molecule has 2 aliphatic carbocycles. The van der Waals surface area contributed by atoms with Crippen molar-refractivity contribution in [2.45, 2.75) is 38.1 Å². The standard InChI is InChI=1S/C12H15N3O2/c16-12(17)10(7-4-5-7)15-11-8-2-1-3-9(8)13-6-14-11/h6-7,10H,1-5H2,(H,16,17)(H,13,14,15). The van der Waals surface area contributed by atoms with Crippen LogP contribution in [0.15, 0.2) is 6.33 Å². The van der Waals surface area contributed by atoms with E-state index in [1.807, 2.05) is 0 Å². The van der Waals surface area contributed by atoms with E-state index in [0.29, 0.717) is 0 Å². The highest BCUT2D eigenvalue weighted by molar-refractivity contribution is 5.78. The number of hydrogen-bond donors (Lipinski definition) is 2. The van der Waals surface area contributed by atoms with E-state index in [2.05, 4.69) is 15.3 Å². The van der Waals surface area contributed by atoms with Gasteiger partial charge >= 0.3 is 5.97 Å². The first-order chi connectivity index (χ1) is 8.25. The normalized spacial score (nSPS) is 19.8. The van der Waals surface area contributed by atoms with Gasteiger partial charge in [-0.3, -0.25) is 0 Å². The van der Waals surface area contributed by atoms with E-state index >= 15 is 0 Å². The number of hydrogen-bond acceptors (Lipinski definition) is 4. The molecule has 3 rings (SSSR count). The molecule has 2 N–H and O–H groups in total. The predicted molar refractivity (Wildman–Crippen MR) is 61.8 cm³/mol. The summed E-state index contributed by atoms with van der Waals surface area (Å²) in [5.41, 5.74) is 2.18. The second-order valence-electron chi connectivity index (χ2n) is 4.80. The summed E-state index contributed by atoms with van der Waals surface area (Å²) >= 11 is 0. The van der Waals surface area contributed by atoms with Crippen molar-refractivity contribution in [3.05, 3.63) is 17.6 Å². The summed E-state index contributed by atoms with van der Waals surface area (Å²) in [5, 5.41) is 12.3. The molecular formula is C12H15N3O2. The lowest BCUT2D eigenvalue weighted by Crippen LogP contribution is -2.32. The van der Waals surface area contributed by atoms with Crippen LogP contribution in [0.3, 0.4) is 0 Å². The van der Waals surface area contributed by atoms with Crippen LogP contribution in [-0.2, 0) is 17.6 Å².